The fraction of sp³-hybridized carbons (Fsp3) is 0.812. The maximum Gasteiger partial charge on any atom is 0.105 e. The van der Waals surface area contributed by atoms with Crippen LogP contribution in [0.4, 0.5) is 0 Å². The first-order valence-electron chi connectivity index (χ1n) is 7.90. The van der Waals surface area contributed by atoms with Gasteiger partial charge in [-0.1, -0.05) is 0 Å². The molecule has 2 N–H and O–H groups in total. The lowest BCUT2D eigenvalue weighted by Crippen LogP contribution is -2.51. The first-order chi connectivity index (χ1) is 9.20. The highest BCUT2D eigenvalue weighted by Crippen LogP contribution is 2.63. The highest BCUT2D eigenvalue weighted by Gasteiger charge is 2.54. The molecule has 1 aromatic heterocycles. The van der Waals surface area contributed by atoms with Crippen molar-refractivity contribution in [3.63, 3.8) is 0 Å². The number of aromatic nitrogens is 2. The third kappa shape index (κ3) is 1.70. The fourth-order valence-electron chi connectivity index (χ4n) is 5.96. The van der Waals surface area contributed by atoms with Gasteiger partial charge in [0.15, 0.2) is 0 Å². The number of aryl methyl sites for hydroxylation is 1. The van der Waals surface area contributed by atoms with Crippen LogP contribution in [-0.2, 0) is 0 Å². The second-order valence-corrected chi connectivity index (χ2v) is 7.41. The molecule has 4 fully saturated rings. The van der Waals surface area contributed by atoms with Crippen molar-refractivity contribution in [3.8, 4) is 0 Å². The van der Waals surface area contributed by atoms with Crippen LogP contribution in [0.15, 0.2) is 12.4 Å². The Morgan fingerprint density at radius 1 is 1.26 bits per heavy atom. The molecule has 4 aliphatic carbocycles. The molecule has 4 saturated carbocycles. The quantitative estimate of drug-likeness (QED) is 0.907. The molecule has 19 heavy (non-hydrogen) atoms. The van der Waals surface area contributed by atoms with Crippen LogP contribution >= 0.6 is 0 Å². The number of hydrogen-bond donors (Lipinski definition) is 1. The molecule has 0 radical (unpaired) electrons. The topological polar surface area (TPSA) is 43.8 Å². The Balaban J connectivity index is 1.72. The number of hydrogen-bond acceptors (Lipinski definition) is 2. The Kier molecular flexibility index (Phi) is 2.57. The molecule has 4 aliphatic rings. The zero-order valence-corrected chi connectivity index (χ0v) is 11.9. The van der Waals surface area contributed by atoms with Gasteiger partial charge in [-0.25, -0.2) is 4.98 Å². The van der Waals surface area contributed by atoms with Crippen molar-refractivity contribution in [2.24, 2.45) is 28.9 Å². The van der Waals surface area contributed by atoms with E-state index in [1.807, 2.05) is 6.20 Å². The van der Waals surface area contributed by atoms with E-state index in [1.165, 1.54) is 38.5 Å². The number of nitrogens with zero attached hydrogens (tertiary/aromatic N) is 2. The summed E-state index contributed by atoms with van der Waals surface area (Å²) in [6, 6.07) is 0.475. The van der Waals surface area contributed by atoms with Crippen LogP contribution in [-0.4, -0.2) is 16.1 Å². The maximum absolute atomic E-state index is 6.21. The predicted octanol–water partition coefficient (Wildman–Crippen LogP) is 2.91. The summed E-state index contributed by atoms with van der Waals surface area (Å²) < 4.78 is 2.37. The minimum atomic E-state index is 0.475. The Hall–Kier alpha value is -0.830. The summed E-state index contributed by atoms with van der Waals surface area (Å²) in [5.41, 5.74) is 6.69. The first-order valence-corrected chi connectivity index (χ1v) is 7.90. The summed E-state index contributed by atoms with van der Waals surface area (Å²) in [5, 5.41) is 0. The third-order valence-corrected chi connectivity index (χ3v) is 6.21. The summed E-state index contributed by atoms with van der Waals surface area (Å²) in [6.45, 7) is 2.88. The van der Waals surface area contributed by atoms with Crippen LogP contribution in [0.5, 0.6) is 0 Å². The summed E-state index contributed by atoms with van der Waals surface area (Å²) >= 11 is 0. The summed E-state index contributed by atoms with van der Waals surface area (Å²) in [4.78, 5) is 4.42. The van der Waals surface area contributed by atoms with Gasteiger partial charge in [0.25, 0.3) is 0 Å². The van der Waals surface area contributed by atoms with Crippen molar-refractivity contribution in [2.45, 2.75) is 51.5 Å². The van der Waals surface area contributed by atoms with Gasteiger partial charge >= 0.3 is 0 Å². The van der Waals surface area contributed by atoms with Crippen molar-refractivity contribution in [3.05, 3.63) is 18.2 Å². The average Bonchev–Trinajstić information content (AvgIpc) is 2.74. The van der Waals surface area contributed by atoms with Crippen molar-refractivity contribution in [1.82, 2.24) is 9.55 Å². The number of imidazole rings is 1. The highest BCUT2D eigenvalue weighted by molar-refractivity contribution is 5.08. The van der Waals surface area contributed by atoms with Crippen molar-refractivity contribution in [2.75, 3.05) is 6.54 Å². The van der Waals surface area contributed by atoms with Gasteiger partial charge < -0.3 is 10.3 Å². The van der Waals surface area contributed by atoms with Gasteiger partial charge in [-0.3, -0.25) is 0 Å². The molecule has 3 heteroatoms. The van der Waals surface area contributed by atoms with E-state index >= 15 is 0 Å². The van der Waals surface area contributed by atoms with Crippen molar-refractivity contribution < 1.29 is 0 Å². The Labute approximate surface area is 115 Å². The summed E-state index contributed by atoms with van der Waals surface area (Å²) in [6.07, 6.45) is 12.8. The molecular formula is C16H25N3. The van der Waals surface area contributed by atoms with Gasteiger partial charge in [-0.15, -0.1) is 0 Å². The van der Waals surface area contributed by atoms with Crippen LogP contribution in [0.1, 0.15) is 50.4 Å². The molecular weight excluding hydrogens is 234 g/mol. The maximum atomic E-state index is 6.21. The minimum absolute atomic E-state index is 0.475. The van der Waals surface area contributed by atoms with Crippen LogP contribution in [0.3, 0.4) is 0 Å². The largest absolute Gasteiger partial charge is 0.330 e. The Morgan fingerprint density at radius 3 is 2.26 bits per heavy atom. The molecule has 0 saturated heterocycles. The van der Waals surface area contributed by atoms with Gasteiger partial charge in [0.05, 0.1) is 6.04 Å². The standard InChI is InChI=1S/C16H25N3/c1-11-18-2-3-19(11)15(10-17)16-7-12-4-13(8-16)6-14(5-12)9-16/h2-3,12-15H,4-10,17H2,1H3. The lowest BCUT2D eigenvalue weighted by atomic mass is 9.47. The molecule has 1 unspecified atom stereocenters. The lowest BCUT2D eigenvalue weighted by molar-refractivity contribution is -0.0810. The van der Waals surface area contributed by atoms with Crippen LogP contribution < -0.4 is 5.73 Å². The normalized spacial score (nSPS) is 41.7. The van der Waals surface area contributed by atoms with Gasteiger partial charge in [0.1, 0.15) is 5.82 Å². The molecule has 104 valence electrons. The first kappa shape index (κ1) is 12.0. The van der Waals surface area contributed by atoms with Gasteiger partial charge in [0.2, 0.25) is 0 Å². The molecule has 0 amide bonds. The predicted molar refractivity (Wildman–Crippen MR) is 75.7 cm³/mol. The molecule has 3 nitrogen and oxygen atoms in total. The van der Waals surface area contributed by atoms with E-state index in [0.29, 0.717) is 11.5 Å². The van der Waals surface area contributed by atoms with Gasteiger partial charge in [-0.05, 0) is 68.6 Å². The average molecular weight is 259 g/mol. The highest BCUT2D eigenvalue weighted by atomic mass is 15.1. The molecule has 5 rings (SSSR count). The fourth-order valence-corrected chi connectivity index (χ4v) is 5.96. The zero-order chi connectivity index (χ0) is 13.0. The van der Waals surface area contributed by atoms with Crippen LogP contribution in [0.2, 0.25) is 0 Å². The number of nitrogens with two attached hydrogens (primary N) is 1. The second-order valence-electron chi connectivity index (χ2n) is 7.41. The van der Waals surface area contributed by atoms with E-state index in [1.54, 1.807) is 0 Å². The molecule has 0 aromatic carbocycles. The second kappa shape index (κ2) is 4.08. The number of rotatable bonds is 3. The smallest absolute Gasteiger partial charge is 0.105 e. The van der Waals surface area contributed by atoms with E-state index in [0.717, 1.165) is 30.1 Å². The van der Waals surface area contributed by atoms with E-state index in [2.05, 4.69) is 22.7 Å². The Morgan fingerprint density at radius 2 is 1.84 bits per heavy atom. The molecule has 4 bridgehead atoms. The summed E-state index contributed by atoms with van der Waals surface area (Å²) in [7, 11) is 0. The molecule has 0 aliphatic heterocycles. The van der Waals surface area contributed by atoms with E-state index < -0.39 is 0 Å². The van der Waals surface area contributed by atoms with Gasteiger partial charge in [0, 0.05) is 18.9 Å². The molecule has 1 atom stereocenters. The van der Waals surface area contributed by atoms with E-state index in [4.69, 9.17) is 5.73 Å². The van der Waals surface area contributed by atoms with Crippen LogP contribution in [0, 0.1) is 30.1 Å². The van der Waals surface area contributed by atoms with Gasteiger partial charge in [-0.2, -0.15) is 0 Å². The molecule has 1 aromatic rings. The minimum Gasteiger partial charge on any atom is -0.330 e. The van der Waals surface area contributed by atoms with E-state index in [-0.39, 0.29) is 0 Å². The monoisotopic (exact) mass is 259 g/mol. The van der Waals surface area contributed by atoms with Crippen molar-refractivity contribution >= 4 is 0 Å². The lowest BCUT2D eigenvalue weighted by Gasteiger charge is -2.59. The summed E-state index contributed by atoms with van der Waals surface area (Å²) in [5.74, 6) is 4.10. The van der Waals surface area contributed by atoms with E-state index in [9.17, 15) is 0 Å². The molecule has 1 heterocycles. The Bertz CT molecular complexity index is 441. The third-order valence-electron chi connectivity index (χ3n) is 6.21. The van der Waals surface area contributed by atoms with Crippen molar-refractivity contribution in [1.29, 1.82) is 0 Å². The SMILES string of the molecule is Cc1nccn1C(CN)C12CC3CC(CC(C3)C1)C2. The van der Waals surface area contributed by atoms with Crippen LogP contribution in [0.25, 0.3) is 0 Å². The molecule has 0 spiro atoms. The zero-order valence-electron chi connectivity index (χ0n) is 11.9.